The Hall–Kier alpha value is -3.65. The van der Waals surface area contributed by atoms with E-state index in [0.29, 0.717) is 50.6 Å². The number of hydrogen-bond donors (Lipinski definition) is 2. The normalized spacial score (nSPS) is 11.0. The number of rotatable bonds is 5. The van der Waals surface area contributed by atoms with E-state index in [1.54, 1.807) is 30.3 Å². The Bertz CT molecular complexity index is 1630. The van der Waals surface area contributed by atoms with Gasteiger partial charge in [0.1, 0.15) is 11.3 Å². The lowest BCUT2D eigenvalue weighted by Gasteiger charge is -2.11. The van der Waals surface area contributed by atoms with E-state index >= 15 is 0 Å². The van der Waals surface area contributed by atoms with Crippen LogP contribution in [0.4, 0.5) is 5.69 Å². The van der Waals surface area contributed by atoms with E-state index in [4.69, 9.17) is 44.6 Å². The zero-order valence-electron chi connectivity index (χ0n) is 19.0. The number of nitrogens with zero attached hydrogens (tertiary/aromatic N) is 1. The fourth-order valence-corrected chi connectivity index (χ4v) is 4.51. The van der Waals surface area contributed by atoms with Crippen molar-refractivity contribution < 1.29 is 13.9 Å². The zero-order chi connectivity index (χ0) is 25.2. The molecule has 0 unspecified atom stereocenters. The van der Waals surface area contributed by atoms with Crippen LogP contribution in [-0.2, 0) is 0 Å². The number of halogens is 2. The highest BCUT2D eigenvalue weighted by Crippen LogP contribution is 2.34. The number of nitrogens with one attached hydrogen (secondary N) is 2. The molecule has 1 heterocycles. The first-order chi connectivity index (χ1) is 17.4. The van der Waals surface area contributed by atoms with E-state index in [1.165, 1.54) is 6.07 Å². The van der Waals surface area contributed by atoms with Gasteiger partial charge in [-0.15, -0.1) is 0 Å². The predicted molar refractivity (Wildman–Crippen MR) is 148 cm³/mol. The molecule has 5 aromatic rings. The molecule has 0 radical (unpaired) electrons. The summed E-state index contributed by atoms with van der Waals surface area (Å²) in [5.74, 6) is 0.610. The van der Waals surface area contributed by atoms with Crippen molar-refractivity contribution >= 4 is 74.0 Å². The maximum absolute atomic E-state index is 12.6. The van der Waals surface area contributed by atoms with Gasteiger partial charge in [-0.05, 0) is 73.1 Å². The Balaban J connectivity index is 1.33. The molecule has 0 aliphatic carbocycles. The molecule has 0 aliphatic heterocycles. The van der Waals surface area contributed by atoms with Crippen LogP contribution < -0.4 is 15.4 Å². The van der Waals surface area contributed by atoms with E-state index < -0.39 is 5.91 Å². The van der Waals surface area contributed by atoms with Gasteiger partial charge in [0.2, 0.25) is 5.89 Å². The molecular weight excluding hydrogens is 517 g/mol. The molecule has 0 saturated heterocycles. The number of amides is 1. The summed E-state index contributed by atoms with van der Waals surface area (Å²) >= 11 is 17.9. The third kappa shape index (κ3) is 4.86. The van der Waals surface area contributed by atoms with Crippen LogP contribution in [0.25, 0.3) is 33.3 Å². The van der Waals surface area contributed by atoms with Gasteiger partial charge in [0.05, 0.1) is 11.6 Å². The SMILES string of the molecule is CCOc1ccc(C(=O)NC(=S)Nc2ccc3oc(-c4cccc5c(Cl)cccc45)nc3c2)cc1Cl. The van der Waals surface area contributed by atoms with Crippen LogP contribution in [0.3, 0.4) is 0 Å². The van der Waals surface area contributed by atoms with Crippen molar-refractivity contribution in [3.05, 3.63) is 88.4 Å². The standard InChI is InChI=1S/C27H19Cl2N3O3S/c1-2-34-23-11-9-15(13-21(23)29)25(33)32-27(36)30-16-10-12-24-22(14-16)31-26(35-24)19-7-3-6-18-17(19)5-4-8-20(18)28/h3-14H,2H2,1H3,(H2,30,32,33,36). The van der Waals surface area contributed by atoms with Gasteiger partial charge in [0.25, 0.3) is 5.91 Å². The summed E-state index contributed by atoms with van der Waals surface area (Å²) < 4.78 is 11.4. The molecule has 0 bridgehead atoms. The number of oxazole rings is 1. The van der Waals surface area contributed by atoms with E-state index in [2.05, 4.69) is 15.6 Å². The zero-order valence-corrected chi connectivity index (χ0v) is 21.3. The molecule has 0 atom stereocenters. The van der Waals surface area contributed by atoms with E-state index in [0.717, 1.165) is 16.3 Å². The number of ether oxygens (including phenoxy) is 1. The quantitative estimate of drug-likeness (QED) is 0.227. The van der Waals surface area contributed by atoms with Crippen LogP contribution in [0.5, 0.6) is 5.75 Å². The minimum atomic E-state index is -0.392. The number of thiocarbonyl (C=S) groups is 1. The summed E-state index contributed by atoms with van der Waals surface area (Å²) in [5, 5.41) is 8.70. The highest BCUT2D eigenvalue weighted by atomic mass is 35.5. The number of anilines is 1. The number of benzene rings is 4. The Morgan fingerprint density at radius 1 is 1.00 bits per heavy atom. The molecule has 180 valence electrons. The lowest BCUT2D eigenvalue weighted by Crippen LogP contribution is -2.34. The molecular formula is C27H19Cl2N3O3S. The second-order valence-electron chi connectivity index (χ2n) is 7.83. The summed E-state index contributed by atoms with van der Waals surface area (Å²) in [5.41, 5.74) is 3.12. The van der Waals surface area contributed by atoms with Gasteiger partial charge < -0.3 is 14.5 Å². The first-order valence-electron chi connectivity index (χ1n) is 11.1. The maximum Gasteiger partial charge on any atom is 0.257 e. The predicted octanol–water partition coefficient (Wildman–Crippen LogP) is 7.48. The van der Waals surface area contributed by atoms with E-state index in [9.17, 15) is 4.79 Å². The molecule has 0 aliphatic rings. The molecule has 36 heavy (non-hydrogen) atoms. The Labute approximate surface area is 222 Å². The van der Waals surface area contributed by atoms with Crippen molar-refractivity contribution in [1.29, 1.82) is 0 Å². The van der Waals surface area contributed by atoms with Gasteiger partial charge in [-0.2, -0.15) is 0 Å². The van der Waals surface area contributed by atoms with Crippen LogP contribution in [0.15, 0.2) is 77.2 Å². The molecule has 9 heteroatoms. The smallest absolute Gasteiger partial charge is 0.257 e. The van der Waals surface area contributed by atoms with E-state index in [1.807, 2.05) is 43.3 Å². The summed E-state index contributed by atoms with van der Waals surface area (Å²) in [6.45, 7) is 2.34. The topological polar surface area (TPSA) is 76.4 Å². The average molecular weight is 536 g/mol. The van der Waals surface area contributed by atoms with Crippen molar-refractivity contribution in [3.8, 4) is 17.2 Å². The molecule has 2 N–H and O–H groups in total. The van der Waals surface area contributed by atoms with Crippen LogP contribution in [0.1, 0.15) is 17.3 Å². The highest BCUT2D eigenvalue weighted by Gasteiger charge is 2.14. The summed E-state index contributed by atoms with van der Waals surface area (Å²) in [7, 11) is 0. The van der Waals surface area contributed by atoms with Gasteiger partial charge >= 0.3 is 0 Å². The fourth-order valence-electron chi connectivity index (χ4n) is 3.83. The summed E-state index contributed by atoms with van der Waals surface area (Å²) in [4.78, 5) is 17.3. The molecule has 0 fully saturated rings. The average Bonchev–Trinajstić information content (AvgIpc) is 3.28. The van der Waals surface area contributed by atoms with Crippen LogP contribution in [0, 0.1) is 0 Å². The largest absolute Gasteiger partial charge is 0.492 e. The number of fused-ring (bicyclic) bond motifs is 2. The van der Waals surface area contributed by atoms with Gasteiger partial charge in [-0.1, -0.05) is 47.5 Å². The second kappa shape index (κ2) is 10.1. The minimum Gasteiger partial charge on any atom is -0.492 e. The minimum absolute atomic E-state index is 0.136. The number of carbonyl (C=O) groups is 1. The second-order valence-corrected chi connectivity index (χ2v) is 9.05. The molecule has 0 saturated carbocycles. The molecule has 1 aromatic heterocycles. The van der Waals surface area contributed by atoms with Crippen LogP contribution in [0.2, 0.25) is 10.0 Å². The maximum atomic E-state index is 12.6. The van der Waals surface area contributed by atoms with Crippen molar-refractivity contribution in [1.82, 2.24) is 10.3 Å². The number of carbonyl (C=O) groups excluding carboxylic acids is 1. The number of hydrogen-bond acceptors (Lipinski definition) is 5. The Morgan fingerprint density at radius 3 is 2.61 bits per heavy atom. The molecule has 5 rings (SSSR count). The van der Waals surface area contributed by atoms with E-state index in [-0.39, 0.29) is 5.11 Å². The van der Waals surface area contributed by atoms with Crippen molar-refractivity contribution in [3.63, 3.8) is 0 Å². The monoisotopic (exact) mass is 535 g/mol. The van der Waals surface area contributed by atoms with Gasteiger partial charge in [0.15, 0.2) is 10.7 Å². The lowest BCUT2D eigenvalue weighted by atomic mass is 10.0. The van der Waals surface area contributed by atoms with Gasteiger partial charge in [-0.25, -0.2) is 4.98 Å². The van der Waals surface area contributed by atoms with Crippen LogP contribution >= 0.6 is 35.4 Å². The van der Waals surface area contributed by atoms with Gasteiger partial charge in [-0.3, -0.25) is 10.1 Å². The molecule has 4 aromatic carbocycles. The van der Waals surface area contributed by atoms with Crippen molar-refractivity contribution in [2.24, 2.45) is 0 Å². The summed E-state index contributed by atoms with van der Waals surface area (Å²) in [6.07, 6.45) is 0. The third-order valence-electron chi connectivity index (χ3n) is 5.47. The third-order valence-corrected chi connectivity index (χ3v) is 6.29. The fraction of sp³-hybridized carbons (Fsp3) is 0.0741. The molecule has 6 nitrogen and oxygen atoms in total. The summed E-state index contributed by atoms with van der Waals surface area (Å²) in [6, 6.07) is 21.8. The highest BCUT2D eigenvalue weighted by molar-refractivity contribution is 7.80. The molecule has 1 amide bonds. The van der Waals surface area contributed by atoms with Crippen LogP contribution in [-0.4, -0.2) is 22.6 Å². The van der Waals surface area contributed by atoms with Crippen molar-refractivity contribution in [2.45, 2.75) is 6.92 Å². The Kier molecular flexibility index (Phi) is 6.78. The first-order valence-corrected chi connectivity index (χ1v) is 12.2. The lowest BCUT2D eigenvalue weighted by molar-refractivity contribution is 0.0977. The Morgan fingerprint density at radius 2 is 1.81 bits per heavy atom. The van der Waals surface area contributed by atoms with Crippen molar-refractivity contribution in [2.75, 3.05) is 11.9 Å². The number of aromatic nitrogens is 1. The molecule has 0 spiro atoms. The first kappa shape index (κ1) is 24.1. The van der Waals surface area contributed by atoms with Gasteiger partial charge in [0, 0.05) is 27.2 Å².